The number of ether oxygens (including phenoxy) is 1. The third kappa shape index (κ3) is 5.29. The Morgan fingerprint density at radius 2 is 2.00 bits per heavy atom. The maximum Gasteiger partial charge on any atom is 0.406 e. The van der Waals surface area contributed by atoms with Gasteiger partial charge in [0.05, 0.1) is 11.5 Å². The van der Waals surface area contributed by atoms with Crippen LogP contribution in [0.3, 0.4) is 0 Å². The summed E-state index contributed by atoms with van der Waals surface area (Å²) in [5, 5.41) is 11.2. The molecule has 9 nitrogen and oxygen atoms in total. The molecule has 0 radical (unpaired) electrons. The van der Waals surface area contributed by atoms with Crippen LogP contribution in [0.5, 0.6) is 5.75 Å². The van der Waals surface area contributed by atoms with Crippen LogP contribution in [0, 0.1) is 17.0 Å². The van der Waals surface area contributed by atoms with Gasteiger partial charge in [-0.3, -0.25) is 4.79 Å². The minimum Gasteiger partial charge on any atom is -0.476 e. The van der Waals surface area contributed by atoms with Crippen molar-refractivity contribution in [1.29, 1.82) is 0 Å². The number of carbonyl (C=O) groups excluding carboxylic acids is 1. The van der Waals surface area contributed by atoms with E-state index < -0.39 is 39.1 Å². The van der Waals surface area contributed by atoms with Crippen LogP contribution < -0.4 is 4.74 Å². The fourth-order valence-corrected chi connectivity index (χ4v) is 4.95. The van der Waals surface area contributed by atoms with Gasteiger partial charge in [0.15, 0.2) is 16.4 Å². The Morgan fingerprint density at radius 3 is 2.62 bits per heavy atom. The summed E-state index contributed by atoms with van der Waals surface area (Å²) in [6.45, 7) is 1.40. The van der Waals surface area contributed by atoms with Crippen molar-refractivity contribution in [3.05, 3.63) is 63.8 Å². The lowest BCUT2D eigenvalue weighted by Crippen LogP contribution is -2.43. The SMILES string of the molecule is Cc1ccc(OCC(=O)N(Cc2ccccc2)[C@H]2CCS(=O)(=O)C2)c([N+](=O)[O-])n1. The van der Waals surface area contributed by atoms with Gasteiger partial charge in [0.2, 0.25) is 5.75 Å². The number of amides is 1. The summed E-state index contributed by atoms with van der Waals surface area (Å²) in [4.78, 5) is 28.7. The van der Waals surface area contributed by atoms with Crippen molar-refractivity contribution in [2.45, 2.75) is 25.9 Å². The van der Waals surface area contributed by atoms with Crippen LogP contribution in [-0.2, 0) is 21.2 Å². The second kappa shape index (κ2) is 8.56. The van der Waals surface area contributed by atoms with Crippen LogP contribution in [0.2, 0.25) is 0 Å². The molecule has 1 aromatic heterocycles. The highest BCUT2D eigenvalue weighted by Crippen LogP contribution is 2.25. The van der Waals surface area contributed by atoms with Gasteiger partial charge in [-0.25, -0.2) is 8.42 Å². The first-order valence-corrected chi connectivity index (χ1v) is 10.9. The Kier molecular flexibility index (Phi) is 6.12. The molecule has 0 N–H and O–H groups in total. The van der Waals surface area contributed by atoms with Crippen molar-refractivity contribution in [1.82, 2.24) is 9.88 Å². The Labute approximate surface area is 168 Å². The second-order valence-electron chi connectivity index (χ2n) is 6.88. The van der Waals surface area contributed by atoms with E-state index in [2.05, 4.69) is 4.98 Å². The van der Waals surface area contributed by atoms with E-state index in [1.165, 1.54) is 11.0 Å². The van der Waals surface area contributed by atoms with Crippen LogP contribution in [-0.4, -0.2) is 53.3 Å². The number of hydrogen-bond donors (Lipinski definition) is 0. The zero-order valence-corrected chi connectivity index (χ0v) is 16.7. The van der Waals surface area contributed by atoms with Crippen LogP contribution in [0.15, 0.2) is 42.5 Å². The van der Waals surface area contributed by atoms with E-state index in [1.807, 2.05) is 30.3 Å². The largest absolute Gasteiger partial charge is 0.476 e. The smallest absolute Gasteiger partial charge is 0.406 e. The molecule has 1 saturated heterocycles. The highest BCUT2D eigenvalue weighted by molar-refractivity contribution is 7.91. The van der Waals surface area contributed by atoms with Gasteiger partial charge in [-0.1, -0.05) is 30.3 Å². The number of aryl methyl sites for hydroxylation is 1. The molecule has 3 rings (SSSR count). The molecule has 154 valence electrons. The third-order valence-electron chi connectivity index (χ3n) is 4.67. The predicted molar refractivity (Wildman–Crippen MR) is 105 cm³/mol. The average molecular weight is 419 g/mol. The maximum absolute atomic E-state index is 12.9. The summed E-state index contributed by atoms with van der Waals surface area (Å²) < 4.78 is 29.2. The van der Waals surface area contributed by atoms with Crippen LogP contribution in [0.25, 0.3) is 0 Å². The molecule has 1 atom stereocenters. The molecule has 0 aliphatic carbocycles. The fraction of sp³-hybridized carbons (Fsp3) is 0.368. The minimum atomic E-state index is -3.19. The van der Waals surface area contributed by atoms with E-state index in [0.717, 1.165) is 5.56 Å². The number of pyridine rings is 1. The maximum atomic E-state index is 12.9. The minimum absolute atomic E-state index is 0.0322. The molecule has 10 heteroatoms. The van der Waals surface area contributed by atoms with Crippen LogP contribution >= 0.6 is 0 Å². The molecule has 1 aromatic carbocycles. The van der Waals surface area contributed by atoms with E-state index in [1.54, 1.807) is 13.0 Å². The number of rotatable bonds is 7. The summed E-state index contributed by atoms with van der Waals surface area (Å²) in [6.07, 6.45) is 0.354. The van der Waals surface area contributed by atoms with E-state index >= 15 is 0 Å². The van der Waals surface area contributed by atoms with Crippen molar-refractivity contribution >= 4 is 21.6 Å². The molecule has 0 spiro atoms. The molecule has 1 aliphatic heterocycles. The molecule has 0 saturated carbocycles. The number of aromatic nitrogens is 1. The van der Waals surface area contributed by atoms with Gasteiger partial charge >= 0.3 is 5.82 Å². The Bertz CT molecular complexity index is 1010. The summed E-state index contributed by atoms with van der Waals surface area (Å²) >= 11 is 0. The lowest BCUT2D eigenvalue weighted by atomic mass is 10.1. The lowest BCUT2D eigenvalue weighted by Gasteiger charge is -2.28. The summed E-state index contributed by atoms with van der Waals surface area (Å²) in [5.41, 5.74) is 1.31. The Balaban J connectivity index is 1.77. The molecule has 0 bridgehead atoms. The predicted octanol–water partition coefficient (Wildman–Crippen LogP) is 1.89. The van der Waals surface area contributed by atoms with Crippen molar-refractivity contribution in [2.75, 3.05) is 18.1 Å². The van der Waals surface area contributed by atoms with Crippen LogP contribution in [0.4, 0.5) is 5.82 Å². The molecular formula is C19H21N3O6S. The number of hydrogen-bond acceptors (Lipinski definition) is 7. The Hall–Kier alpha value is -3.01. The van der Waals surface area contributed by atoms with Gasteiger partial charge < -0.3 is 19.8 Å². The second-order valence-corrected chi connectivity index (χ2v) is 9.11. The third-order valence-corrected chi connectivity index (χ3v) is 6.42. The first-order valence-electron chi connectivity index (χ1n) is 9.04. The zero-order chi connectivity index (χ0) is 21.0. The molecule has 1 fully saturated rings. The highest BCUT2D eigenvalue weighted by Gasteiger charge is 2.35. The molecular weight excluding hydrogens is 398 g/mol. The van der Waals surface area contributed by atoms with E-state index in [-0.39, 0.29) is 23.8 Å². The molecule has 2 heterocycles. The number of sulfone groups is 1. The van der Waals surface area contributed by atoms with Crippen molar-refractivity contribution in [3.63, 3.8) is 0 Å². The first kappa shape index (κ1) is 20.7. The van der Waals surface area contributed by atoms with Crippen LogP contribution in [0.1, 0.15) is 17.7 Å². The number of nitrogens with zero attached hydrogens (tertiary/aromatic N) is 3. The van der Waals surface area contributed by atoms with Gasteiger partial charge in [0, 0.05) is 19.5 Å². The van der Waals surface area contributed by atoms with Gasteiger partial charge in [0.1, 0.15) is 5.69 Å². The highest BCUT2D eigenvalue weighted by atomic mass is 32.2. The molecule has 1 amide bonds. The van der Waals surface area contributed by atoms with E-state index in [0.29, 0.717) is 12.1 Å². The summed E-state index contributed by atoms with van der Waals surface area (Å²) in [6, 6.07) is 11.7. The van der Waals surface area contributed by atoms with Crippen molar-refractivity contribution < 1.29 is 22.9 Å². The first-order chi connectivity index (χ1) is 13.7. The topological polar surface area (TPSA) is 120 Å². The number of carbonyl (C=O) groups is 1. The normalized spacial score (nSPS) is 17.6. The number of benzene rings is 1. The summed E-state index contributed by atoms with van der Waals surface area (Å²) in [5.74, 6) is -1.07. The molecule has 1 aliphatic rings. The van der Waals surface area contributed by atoms with E-state index in [9.17, 15) is 23.3 Å². The van der Waals surface area contributed by atoms with Gasteiger partial charge in [0.25, 0.3) is 5.91 Å². The van der Waals surface area contributed by atoms with Gasteiger partial charge in [-0.15, -0.1) is 0 Å². The standard InChI is InChI=1S/C19H21N3O6S/c1-14-7-8-17(19(20-14)22(24)25)28-12-18(23)21(11-15-5-3-2-4-6-15)16-9-10-29(26,27)13-16/h2-8,16H,9-13H2,1H3/t16-/m0/s1. The van der Waals surface area contributed by atoms with Gasteiger partial charge in [-0.05, 0) is 34.0 Å². The van der Waals surface area contributed by atoms with Crippen molar-refractivity contribution in [2.24, 2.45) is 0 Å². The van der Waals surface area contributed by atoms with E-state index in [4.69, 9.17) is 4.74 Å². The average Bonchev–Trinajstić information content (AvgIpc) is 3.05. The van der Waals surface area contributed by atoms with Gasteiger partial charge in [-0.2, -0.15) is 0 Å². The quantitative estimate of drug-likeness (QED) is 0.496. The number of nitro groups is 1. The molecule has 2 aromatic rings. The fourth-order valence-electron chi connectivity index (χ4n) is 3.22. The zero-order valence-electron chi connectivity index (χ0n) is 15.9. The summed E-state index contributed by atoms with van der Waals surface area (Å²) in [7, 11) is -3.19. The molecule has 29 heavy (non-hydrogen) atoms. The lowest BCUT2D eigenvalue weighted by molar-refractivity contribution is -0.390. The molecule has 0 unspecified atom stereocenters. The monoisotopic (exact) mass is 419 g/mol. The van der Waals surface area contributed by atoms with Crippen molar-refractivity contribution in [3.8, 4) is 5.75 Å². The Morgan fingerprint density at radius 1 is 1.28 bits per heavy atom.